The molecule has 0 amide bonds. The first kappa shape index (κ1) is 15.0. The van der Waals surface area contributed by atoms with E-state index in [1.54, 1.807) is 11.8 Å². The molecule has 1 rings (SSSR count). The molecule has 0 heterocycles. The van der Waals surface area contributed by atoms with E-state index in [-0.39, 0.29) is 17.9 Å². The Morgan fingerprint density at radius 3 is 2.71 bits per heavy atom. The van der Waals surface area contributed by atoms with E-state index in [4.69, 9.17) is 10.8 Å². The van der Waals surface area contributed by atoms with Crippen LogP contribution in [0, 0.1) is 0 Å². The van der Waals surface area contributed by atoms with Crippen LogP contribution in [0.5, 0.6) is 0 Å². The van der Waals surface area contributed by atoms with Crippen LogP contribution < -0.4 is 5.73 Å². The van der Waals surface area contributed by atoms with E-state index in [2.05, 4.69) is 15.9 Å². The number of hydrogen-bond donors (Lipinski definition) is 3. The Hall–Kier alpha value is -0.0700. The number of aliphatic hydroxyl groups excluding tert-OH is 2. The molecule has 17 heavy (non-hydrogen) atoms. The lowest BCUT2D eigenvalue weighted by Crippen LogP contribution is -2.25. The van der Waals surface area contributed by atoms with E-state index < -0.39 is 6.10 Å². The van der Waals surface area contributed by atoms with Crippen molar-refractivity contribution in [1.82, 2.24) is 0 Å². The zero-order valence-corrected chi connectivity index (χ0v) is 12.1. The standard InChI is InChI=1S/C12H18BrNO2S/c1-8(14)12(17-7-11(16)6-15)9-3-2-4-10(13)5-9/h2-5,8,11-12,15-16H,6-7,14H2,1H3. The van der Waals surface area contributed by atoms with Gasteiger partial charge in [-0.3, -0.25) is 0 Å². The molecule has 0 saturated carbocycles. The third-order valence-corrected chi connectivity index (χ3v) is 4.46. The van der Waals surface area contributed by atoms with Crippen molar-refractivity contribution in [2.24, 2.45) is 5.73 Å². The maximum absolute atomic E-state index is 9.37. The number of benzene rings is 1. The average Bonchev–Trinajstić information content (AvgIpc) is 2.28. The van der Waals surface area contributed by atoms with Gasteiger partial charge in [-0.1, -0.05) is 28.1 Å². The minimum atomic E-state index is -0.687. The largest absolute Gasteiger partial charge is 0.394 e. The molecule has 3 atom stereocenters. The van der Waals surface area contributed by atoms with Gasteiger partial charge in [0.05, 0.1) is 12.7 Å². The van der Waals surface area contributed by atoms with Gasteiger partial charge >= 0.3 is 0 Å². The minimum Gasteiger partial charge on any atom is -0.394 e. The summed E-state index contributed by atoms with van der Waals surface area (Å²) in [6.07, 6.45) is -0.687. The van der Waals surface area contributed by atoms with Gasteiger partial charge in [0.25, 0.3) is 0 Å². The molecule has 0 spiro atoms. The molecule has 0 aliphatic carbocycles. The lowest BCUT2D eigenvalue weighted by atomic mass is 10.1. The van der Waals surface area contributed by atoms with Gasteiger partial charge in [0.1, 0.15) is 0 Å². The Morgan fingerprint density at radius 2 is 2.18 bits per heavy atom. The van der Waals surface area contributed by atoms with Crippen LogP contribution in [0.3, 0.4) is 0 Å². The second kappa shape index (κ2) is 7.38. The summed E-state index contributed by atoms with van der Waals surface area (Å²) in [6.45, 7) is 1.74. The van der Waals surface area contributed by atoms with Crippen molar-refractivity contribution in [2.75, 3.05) is 12.4 Å². The Labute approximate surface area is 115 Å². The van der Waals surface area contributed by atoms with Gasteiger partial charge in [0.2, 0.25) is 0 Å². The molecule has 0 bridgehead atoms. The van der Waals surface area contributed by atoms with Crippen LogP contribution >= 0.6 is 27.7 Å². The predicted molar refractivity (Wildman–Crippen MR) is 76.1 cm³/mol. The predicted octanol–water partition coefficient (Wildman–Crippen LogP) is 1.92. The topological polar surface area (TPSA) is 66.5 Å². The summed E-state index contributed by atoms with van der Waals surface area (Å²) < 4.78 is 1.02. The smallest absolute Gasteiger partial charge is 0.0861 e. The molecule has 0 saturated heterocycles. The molecule has 0 aromatic heterocycles. The van der Waals surface area contributed by atoms with Gasteiger partial charge in [-0.15, -0.1) is 11.8 Å². The van der Waals surface area contributed by atoms with Crippen LogP contribution in [-0.4, -0.2) is 34.7 Å². The van der Waals surface area contributed by atoms with E-state index in [0.717, 1.165) is 10.0 Å². The molecule has 0 radical (unpaired) electrons. The number of nitrogens with two attached hydrogens (primary N) is 1. The fraction of sp³-hybridized carbons (Fsp3) is 0.500. The lowest BCUT2D eigenvalue weighted by Gasteiger charge is -2.22. The number of hydrogen-bond acceptors (Lipinski definition) is 4. The van der Waals surface area contributed by atoms with Crippen LogP contribution in [0.25, 0.3) is 0 Å². The first-order valence-corrected chi connectivity index (χ1v) is 7.30. The minimum absolute atomic E-state index is 0.0137. The number of halogens is 1. The number of rotatable bonds is 6. The Balaban J connectivity index is 2.72. The summed E-state index contributed by atoms with van der Waals surface area (Å²) in [6, 6.07) is 7.98. The fourth-order valence-corrected chi connectivity index (χ4v) is 3.10. The zero-order chi connectivity index (χ0) is 12.8. The summed E-state index contributed by atoms with van der Waals surface area (Å²) in [5.74, 6) is 0.481. The average molecular weight is 320 g/mol. The van der Waals surface area contributed by atoms with Crippen molar-refractivity contribution in [1.29, 1.82) is 0 Å². The molecule has 0 fully saturated rings. The summed E-state index contributed by atoms with van der Waals surface area (Å²) >= 11 is 5.00. The highest BCUT2D eigenvalue weighted by molar-refractivity contribution is 9.10. The Kier molecular flexibility index (Phi) is 6.51. The third kappa shape index (κ3) is 4.97. The number of aliphatic hydroxyl groups is 2. The first-order valence-electron chi connectivity index (χ1n) is 5.46. The Bertz CT molecular complexity index is 349. The number of thioether (sulfide) groups is 1. The van der Waals surface area contributed by atoms with Crippen molar-refractivity contribution in [2.45, 2.75) is 24.3 Å². The third-order valence-electron chi connectivity index (χ3n) is 2.33. The van der Waals surface area contributed by atoms with Gasteiger partial charge in [-0.2, -0.15) is 0 Å². The monoisotopic (exact) mass is 319 g/mol. The van der Waals surface area contributed by atoms with Gasteiger partial charge < -0.3 is 15.9 Å². The van der Waals surface area contributed by atoms with E-state index >= 15 is 0 Å². The van der Waals surface area contributed by atoms with Crippen molar-refractivity contribution in [3.63, 3.8) is 0 Å². The van der Waals surface area contributed by atoms with Crippen molar-refractivity contribution < 1.29 is 10.2 Å². The van der Waals surface area contributed by atoms with E-state index in [1.807, 2.05) is 31.2 Å². The molecule has 5 heteroatoms. The molecule has 4 N–H and O–H groups in total. The van der Waals surface area contributed by atoms with E-state index in [9.17, 15) is 5.11 Å². The van der Waals surface area contributed by atoms with Gasteiger partial charge in [0, 0.05) is 21.5 Å². The molecule has 1 aromatic rings. The van der Waals surface area contributed by atoms with E-state index in [0.29, 0.717) is 5.75 Å². The van der Waals surface area contributed by atoms with Gasteiger partial charge in [-0.05, 0) is 24.6 Å². The summed E-state index contributed by atoms with van der Waals surface area (Å²) in [7, 11) is 0. The van der Waals surface area contributed by atoms with Crippen LogP contribution in [0.4, 0.5) is 0 Å². The Morgan fingerprint density at radius 1 is 1.47 bits per heavy atom. The zero-order valence-electron chi connectivity index (χ0n) is 9.71. The second-order valence-electron chi connectivity index (χ2n) is 4.00. The maximum atomic E-state index is 9.37. The summed E-state index contributed by atoms with van der Waals surface area (Å²) in [5.41, 5.74) is 7.10. The molecular weight excluding hydrogens is 302 g/mol. The van der Waals surface area contributed by atoms with Gasteiger partial charge in [0.15, 0.2) is 0 Å². The SMILES string of the molecule is CC(N)C(SCC(O)CO)c1cccc(Br)c1. The van der Waals surface area contributed by atoms with Crippen LogP contribution in [-0.2, 0) is 0 Å². The van der Waals surface area contributed by atoms with Crippen molar-refractivity contribution in [3.8, 4) is 0 Å². The fourth-order valence-electron chi connectivity index (χ4n) is 1.50. The van der Waals surface area contributed by atoms with Crippen LogP contribution in [0.1, 0.15) is 17.7 Å². The summed E-state index contributed by atoms with van der Waals surface area (Å²) in [5, 5.41) is 18.3. The quantitative estimate of drug-likeness (QED) is 0.749. The highest BCUT2D eigenvalue weighted by atomic mass is 79.9. The molecule has 96 valence electrons. The first-order chi connectivity index (χ1) is 8.04. The summed E-state index contributed by atoms with van der Waals surface area (Å²) in [4.78, 5) is 0. The van der Waals surface area contributed by atoms with E-state index in [1.165, 1.54) is 0 Å². The lowest BCUT2D eigenvalue weighted by molar-refractivity contribution is 0.113. The van der Waals surface area contributed by atoms with Crippen LogP contribution in [0.15, 0.2) is 28.7 Å². The van der Waals surface area contributed by atoms with Gasteiger partial charge in [-0.25, -0.2) is 0 Å². The second-order valence-corrected chi connectivity index (χ2v) is 6.09. The molecule has 3 unspecified atom stereocenters. The highest BCUT2D eigenvalue weighted by Crippen LogP contribution is 2.32. The van der Waals surface area contributed by atoms with Crippen molar-refractivity contribution >= 4 is 27.7 Å². The van der Waals surface area contributed by atoms with Crippen molar-refractivity contribution in [3.05, 3.63) is 34.3 Å². The van der Waals surface area contributed by atoms with Crippen LogP contribution in [0.2, 0.25) is 0 Å². The highest BCUT2D eigenvalue weighted by Gasteiger charge is 2.18. The molecular formula is C12H18BrNO2S. The molecule has 3 nitrogen and oxygen atoms in total. The normalized spacial score (nSPS) is 16.5. The maximum Gasteiger partial charge on any atom is 0.0861 e. The molecule has 1 aromatic carbocycles. The molecule has 0 aliphatic rings. The molecule has 0 aliphatic heterocycles.